The topological polar surface area (TPSA) is 89.9 Å². The predicted octanol–water partition coefficient (Wildman–Crippen LogP) is 3.75. The number of benzene rings is 1. The molecular weight excluding hydrogens is 400 g/mol. The third kappa shape index (κ3) is 3.07. The van der Waals surface area contributed by atoms with Crippen molar-refractivity contribution in [2.24, 2.45) is 0 Å². The summed E-state index contributed by atoms with van der Waals surface area (Å²) in [7, 11) is 0. The number of nitrogens with two attached hydrogens (primary N) is 1. The van der Waals surface area contributed by atoms with E-state index in [4.69, 9.17) is 17.3 Å². The molecule has 0 unspecified atom stereocenters. The van der Waals surface area contributed by atoms with E-state index in [1.54, 1.807) is 4.90 Å². The fourth-order valence-corrected chi connectivity index (χ4v) is 4.26. The Kier molecular flexibility index (Phi) is 4.59. The summed E-state index contributed by atoms with van der Waals surface area (Å²) >= 11 is 5.57. The van der Waals surface area contributed by atoms with E-state index < -0.39 is 0 Å². The standard InChI is InChI=1S/C22H19ClN6O/c23-7-5-19(30)28-8-6-16(11-28)29-12-17(20-21(24)26-13-27-22(20)29)15-9-14-3-1-2-4-18(14)25-10-15/h1-5,7,9-10,12-13,16H,6,8,11H2,(H2,24,26,27)/b7-5-/t16-/m1/s1. The summed E-state index contributed by atoms with van der Waals surface area (Å²) < 4.78 is 2.11. The van der Waals surface area contributed by atoms with Crippen LogP contribution in [0.5, 0.6) is 0 Å². The van der Waals surface area contributed by atoms with Gasteiger partial charge in [-0.25, -0.2) is 9.97 Å². The zero-order valence-corrected chi connectivity index (χ0v) is 16.8. The molecule has 5 rings (SSSR count). The maximum atomic E-state index is 12.2. The molecule has 3 aromatic heterocycles. The minimum atomic E-state index is -0.0861. The quantitative estimate of drug-likeness (QED) is 0.511. The highest BCUT2D eigenvalue weighted by molar-refractivity contribution is 6.26. The van der Waals surface area contributed by atoms with Crippen molar-refractivity contribution in [3.63, 3.8) is 0 Å². The maximum absolute atomic E-state index is 12.2. The number of carbonyl (C=O) groups is 1. The molecule has 1 atom stereocenters. The van der Waals surface area contributed by atoms with Crippen LogP contribution in [0, 0.1) is 0 Å². The molecule has 0 spiro atoms. The fraction of sp³-hybridized carbons (Fsp3) is 0.182. The van der Waals surface area contributed by atoms with Gasteiger partial charge in [-0.3, -0.25) is 9.78 Å². The van der Waals surface area contributed by atoms with Crippen molar-refractivity contribution in [2.45, 2.75) is 12.5 Å². The summed E-state index contributed by atoms with van der Waals surface area (Å²) in [5.41, 5.74) is 11.1. The largest absolute Gasteiger partial charge is 0.383 e. The van der Waals surface area contributed by atoms with E-state index in [-0.39, 0.29) is 11.9 Å². The Morgan fingerprint density at radius 3 is 2.97 bits per heavy atom. The molecule has 1 fully saturated rings. The molecule has 30 heavy (non-hydrogen) atoms. The van der Waals surface area contributed by atoms with Gasteiger partial charge in [-0.05, 0) is 18.6 Å². The smallest absolute Gasteiger partial charge is 0.247 e. The molecule has 150 valence electrons. The SMILES string of the molecule is Nc1ncnc2c1c(-c1cnc3ccccc3c1)cn2[C@@H]1CCN(C(=O)/C=C\Cl)C1. The molecule has 4 aromatic rings. The number of para-hydroxylation sites is 1. The zero-order chi connectivity index (χ0) is 20.7. The van der Waals surface area contributed by atoms with Crippen molar-refractivity contribution in [1.82, 2.24) is 24.4 Å². The van der Waals surface area contributed by atoms with Crippen LogP contribution in [0.2, 0.25) is 0 Å². The van der Waals surface area contributed by atoms with Gasteiger partial charge in [0.15, 0.2) is 0 Å². The molecule has 1 amide bonds. The van der Waals surface area contributed by atoms with E-state index >= 15 is 0 Å². The number of amides is 1. The number of carbonyl (C=O) groups excluding carboxylic acids is 1. The average Bonchev–Trinajstić information content (AvgIpc) is 3.39. The van der Waals surface area contributed by atoms with Crippen molar-refractivity contribution >= 4 is 45.3 Å². The molecule has 1 aromatic carbocycles. The molecule has 1 saturated heterocycles. The lowest BCUT2D eigenvalue weighted by molar-refractivity contribution is -0.125. The van der Waals surface area contributed by atoms with E-state index in [1.807, 2.05) is 30.5 Å². The summed E-state index contributed by atoms with van der Waals surface area (Å²) in [6, 6.07) is 10.2. The Hall–Kier alpha value is -3.45. The second kappa shape index (κ2) is 7.42. The summed E-state index contributed by atoms with van der Waals surface area (Å²) in [6.45, 7) is 1.25. The van der Waals surface area contributed by atoms with Gasteiger partial charge in [0.25, 0.3) is 0 Å². The predicted molar refractivity (Wildman–Crippen MR) is 118 cm³/mol. The summed E-state index contributed by atoms with van der Waals surface area (Å²) in [6.07, 6.45) is 7.58. The van der Waals surface area contributed by atoms with Crippen molar-refractivity contribution in [3.05, 3.63) is 60.7 Å². The highest BCUT2D eigenvalue weighted by Gasteiger charge is 2.29. The summed E-state index contributed by atoms with van der Waals surface area (Å²) in [5.74, 6) is 0.343. The van der Waals surface area contributed by atoms with Crippen molar-refractivity contribution in [2.75, 3.05) is 18.8 Å². The van der Waals surface area contributed by atoms with Gasteiger partial charge in [0.1, 0.15) is 17.8 Å². The molecule has 0 saturated carbocycles. The van der Waals surface area contributed by atoms with Gasteiger partial charge in [-0.2, -0.15) is 0 Å². The Bertz CT molecular complexity index is 1300. The van der Waals surface area contributed by atoms with Crippen LogP contribution in [0.1, 0.15) is 12.5 Å². The highest BCUT2D eigenvalue weighted by atomic mass is 35.5. The number of halogens is 1. The zero-order valence-electron chi connectivity index (χ0n) is 16.1. The molecule has 0 bridgehead atoms. The maximum Gasteiger partial charge on any atom is 0.247 e. The van der Waals surface area contributed by atoms with E-state index in [0.29, 0.717) is 18.9 Å². The number of rotatable bonds is 3. The number of nitrogen functional groups attached to an aromatic ring is 1. The van der Waals surface area contributed by atoms with E-state index in [2.05, 4.69) is 31.8 Å². The monoisotopic (exact) mass is 418 g/mol. The second-order valence-corrected chi connectivity index (χ2v) is 7.60. The van der Waals surface area contributed by atoms with Gasteiger partial charge >= 0.3 is 0 Å². The molecule has 8 heteroatoms. The number of nitrogens with zero attached hydrogens (tertiary/aromatic N) is 5. The fourth-order valence-electron chi connectivity index (χ4n) is 4.15. The third-order valence-electron chi connectivity index (χ3n) is 5.61. The number of likely N-dealkylation sites (tertiary alicyclic amines) is 1. The molecule has 2 N–H and O–H groups in total. The first-order chi connectivity index (χ1) is 14.7. The Balaban J connectivity index is 1.61. The highest BCUT2D eigenvalue weighted by Crippen LogP contribution is 2.36. The van der Waals surface area contributed by atoms with E-state index in [1.165, 1.54) is 17.9 Å². The van der Waals surface area contributed by atoms with Crippen LogP contribution in [-0.4, -0.2) is 43.4 Å². The van der Waals surface area contributed by atoms with Gasteiger partial charge in [0, 0.05) is 53.6 Å². The van der Waals surface area contributed by atoms with Crippen LogP contribution in [0.3, 0.4) is 0 Å². The van der Waals surface area contributed by atoms with Gasteiger partial charge in [-0.1, -0.05) is 29.8 Å². The minimum absolute atomic E-state index is 0.0861. The number of hydrogen-bond donors (Lipinski definition) is 1. The summed E-state index contributed by atoms with van der Waals surface area (Å²) in [4.78, 5) is 27.3. The first kappa shape index (κ1) is 18.6. The van der Waals surface area contributed by atoms with Crippen LogP contribution in [0.15, 0.2) is 60.7 Å². The average molecular weight is 419 g/mol. The molecule has 1 aliphatic heterocycles. The van der Waals surface area contributed by atoms with Crippen LogP contribution in [0.25, 0.3) is 33.1 Å². The Labute approximate surface area is 177 Å². The Morgan fingerprint density at radius 2 is 2.10 bits per heavy atom. The van der Waals surface area contributed by atoms with Crippen LogP contribution in [0.4, 0.5) is 5.82 Å². The van der Waals surface area contributed by atoms with Crippen molar-refractivity contribution in [3.8, 4) is 11.1 Å². The minimum Gasteiger partial charge on any atom is -0.383 e. The van der Waals surface area contributed by atoms with E-state index in [9.17, 15) is 4.79 Å². The van der Waals surface area contributed by atoms with Crippen LogP contribution in [-0.2, 0) is 4.79 Å². The van der Waals surface area contributed by atoms with Gasteiger partial charge in [0.05, 0.1) is 16.9 Å². The lowest BCUT2D eigenvalue weighted by Gasteiger charge is -2.16. The first-order valence-electron chi connectivity index (χ1n) is 9.67. The second-order valence-electron chi connectivity index (χ2n) is 7.34. The lowest BCUT2D eigenvalue weighted by Crippen LogP contribution is -2.27. The molecule has 1 aliphatic rings. The third-order valence-corrected chi connectivity index (χ3v) is 5.74. The number of fused-ring (bicyclic) bond motifs is 2. The van der Waals surface area contributed by atoms with Gasteiger partial charge in [0.2, 0.25) is 5.91 Å². The number of hydrogen-bond acceptors (Lipinski definition) is 5. The Morgan fingerprint density at radius 1 is 1.23 bits per heavy atom. The first-order valence-corrected chi connectivity index (χ1v) is 10.1. The summed E-state index contributed by atoms with van der Waals surface area (Å²) in [5, 5.41) is 1.86. The molecule has 0 aliphatic carbocycles. The van der Waals surface area contributed by atoms with Gasteiger partial charge in [-0.15, -0.1) is 0 Å². The molecule has 0 radical (unpaired) electrons. The van der Waals surface area contributed by atoms with Crippen molar-refractivity contribution < 1.29 is 4.79 Å². The van der Waals surface area contributed by atoms with Crippen molar-refractivity contribution in [1.29, 1.82) is 0 Å². The molecular formula is C22H19ClN6O. The lowest BCUT2D eigenvalue weighted by atomic mass is 10.1. The number of pyridine rings is 1. The van der Waals surface area contributed by atoms with E-state index in [0.717, 1.165) is 39.5 Å². The number of aromatic nitrogens is 4. The molecule has 7 nitrogen and oxygen atoms in total. The normalized spacial score (nSPS) is 16.8. The van der Waals surface area contributed by atoms with Crippen LogP contribution >= 0.6 is 11.6 Å². The van der Waals surface area contributed by atoms with Gasteiger partial charge < -0.3 is 15.2 Å². The molecule has 4 heterocycles. The number of anilines is 1. The van der Waals surface area contributed by atoms with Crippen LogP contribution < -0.4 is 5.73 Å².